The number of anilines is 1. The first-order valence-electron chi connectivity index (χ1n) is 5.20. The van der Waals surface area contributed by atoms with E-state index in [-0.39, 0.29) is 17.1 Å². The molecule has 0 fully saturated rings. The fraction of sp³-hybridized carbons (Fsp3) is 0.273. The Morgan fingerprint density at radius 3 is 2.74 bits per heavy atom. The highest BCUT2D eigenvalue weighted by Gasteiger charge is 2.31. The molecule has 19 heavy (non-hydrogen) atoms. The van der Waals surface area contributed by atoms with E-state index < -0.39 is 11.7 Å². The topological polar surface area (TPSA) is 64.9 Å². The molecule has 0 unspecified atom stereocenters. The van der Waals surface area contributed by atoms with Crippen LogP contribution in [0.5, 0.6) is 0 Å². The molecule has 1 aromatic heterocycles. The summed E-state index contributed by atoms with van der Waals surface area (Å²) in [4.78, 5) is 4.01. The van der Waals surface area contributed by atoms with E-state index in [0.717, 1.165) is 12.1 Å². The van der Waals surface area contributed by atoms with Gasteiger partial charge in [-0.05, 0) is 24.5 Å². The highest BCUT2D eigenvalue weighted by Crippen LogP contribution is 2.34. The van der Waals surface area contributed by atoms with E-state index >= 15 is 0 Å². The Balaban J connectivity index is 2.42. The maximum absolute atomic E-state index is 12.6. The highest BCUT2D eigenvalue weighted by atomic mass is 32.2. The summed E-state index contributed by atoms with van der Waals surface area (Å²) in [5.74, 6) is 0.925. The fourth-order valence-corrected chi connectivity index (χ4v) is 1.84. The van der Waals surface area contributed by atoms with E-state index in [1.54, 1.807) is 0 Å². The summed E-state index contributed by atoms with van der Waals surface area (Å²) in [5.41, 5.74) is 5.10. The summed E-state index contributed by atoms with van der Waals surface area (Å²) < 4.78 is 42.8. The standard InChI is InChI=1S/C11H10F3N3OS/c1-19-5-9-16-10(18-17-9)7-4-6(11(12,13)14)2-3-8(7)15/h2-4H,5,15H2,1H3. The van der Waals surface area contributed by atoms with Crippen LogP contribution in [0, 0.1) is 0 Å². The van der Waals surface area contributed by atoms with Gasteiger partial charge in [0.2, 0.25) is 0 Å². The predicted molar refractivity (Wildman–Crippen MR) is 66.4 cm³/mol. The molecule has 0 saturated heterocycles. The van der Waals surface area contributed by atoms with Gasteiger partial charge in [0, 0.05) is 5.69 Å². The van der Waals surface area contributed by atoms with Crippen molar-refractivity contribution in [2.75, 3.05) is 12.0 Å². The number of halogens is 3. The Morgan fingerprint density at radius 2 is 2.11 bits per heavy atom. The first kappa shape index (κ1) is 13.7. The van der Waals surface area contributed by atoms with Gasteiger partial charge >= 0.3 is 6.18 Å². The Kier molecular flexibility index (Phi) is 3.70. The van der Waals surface area contributed by atoms with E-state index in [4.69, 9.17) is 10.3 Å². The van der Waals surface area contributed by atoms with Gasteiger partial charge in [0.05, 0.1) is 16.9 Å². The lowest BCUT2D eigenvalue weighted by Gasteiger charge is -2.08. The zero-order chi connectivity index (χ0) is 14.0. The third-order valence-corrected chi connectivity index (χ3v) is 2.90. The van der Waals surface area contributed by atoms with Crippen LogP contribution in [0.3, 0.4) is 0 Å². The van der Waals surface area contributed by atoms with E-state index in [0.29, 0.717) is 11.6 Å². The Morgan fingerprint density at radius 1 is 1.37 bits per heavy atom. The zero-order valence-electron chi connectivity index (χ0n) is 9.86. The SMILES string of the molecule is CSCc1noc(-c2cc(C(F)(F)F)ccc2N)n1. The quantitative estimate of drug-likeness (QED) is 0.879. The molecule has 0 saturated carbocycles. The number of alkyl halides is 3. The predicted octanol–water partition coefficient (Wildman–Crippen LogP) is 3.20. The molecule has 0 amide bonds. The monoisotopic (exact) mass is 289 g/mol. The highest BCUT2D eigenvalue weighted by molar-refractivity contribution is 7.97. The molecule has 2 N–H and O–H groups in total. The molecule has 0 aliphatic rings. The molecular weight excluding hydrogens is 279 g/mol. The van der Waals surface area contributed by atoms with Crippen molar-refractivity contribution < 1.29 is 17.7 Å². The molecule has 2 aromatic rings. The zero-order valence-corrected chi connectivity index (χ0v) is 10.7. The summed E-state index contributed by atoms with van der Waals surface area (Å²) in [6.07, 6.45) is -2.58. The normalized spacial score (nSPS) is 11.8. The molecule has 2 rings (SSSR count). The minimum absolute atomic E-state index is 0.00681. The van der Waals surface area contributed by atoms with Crippen LogP contribution in [0.15, 0.2) is 22.7 Å². The third kappa shape index (κ3) is 3.01. The molecule has 0 aliphatic carbocycles. The van der Waals surface area contributed by atoms with Crippen molar-refractivity contribution in [3.63, 3.8) is 0 Å². The molecule has 102 valence electrons. The molecule has 0 spiro atoms. The molecule has 4 nitrogen and oxygen atoms in total. The Labute approximate surface area is 111 Å². The molecule has 0 atom stereocenters. The number of thioether (sulfide) groups is 1. The van der Waals surface area contributed by atoms with Gasteiger partial charge in [-0.1, -0.05) is 5.16 Å². The van der Waals surface area contributed by atoms with E-state index in [1.807, 2.05) is 6.26 Å². The number of aromatic nitrogens is 2. The summed E-state index contributed by atoms with van der Waals surface area (Å²) >= 11 is 1.48. The summed E-state index contributed by atoms with van der Waals surface area (Å²) in [6, 6.07) is 3.00. The molecule has 8 heteroatoms. The Hall–Kier alpha value is -1.70. The lowest BCUT2D eigenvalue weighted by Crippen LogP contribution is -2.05. The van der Waals surface area contributed by atoms with E-state index in [2.05, 4.69) is 10.1 Å². The summed E-state index contributed by atoms with van der Waals surface area (Å²) in [7, 11) is 0. The number of hydrogen-bond donors (Lipinski definition) is 1. The summed E-state index contributed by atoms with van der Waals surface area (Å²) in [5, 5.41) is 3.67. The van der Waals surface area contributed by atoms with Crippen LogP contribution in [-0.4, -0.2) is 16.4 Å². The molecule has 1 aromatic carbocycles. The van der Waals surface area contributed by atoms with Gasteiger partial charge in [-0.3, -0.25) is 0 Å². The van der Waals surface area contributed by atoms with Crippen LogP contribution in [0.4, 0.5) is 18.9 Å². The minimum atomic E-state index is -4.44. The molecule has 0 radical (unpaired) electrons. The van der Waals surface area contributed by atoms with Crippen LogP contribution in [0.25, 0.3) is 11.5 Å². The van der Waals surface area contributed by atoms with Crippen LogP contribution < -0.4 is 5.73 Å². The summed E-state index contributed by atoms with van der Waals surface area (Å²) in [6.45, 7) is 0. The van der Waals surface area contributed by atoms with Crippen LogP contribution in [0.2, 0.25) is 0 Å². The van der Waals surface area contributed by atoms with Gasteiger partial charge in [0.25, 0.3) is 5.89 Å². The second-order valence-corrected chi connectivity index (χ2v) is 4.61. The van der Waals surface area contributed by atoms with Crippen molar-refractivity contribution in [3.05, 3.63) is 29.6 Å². The first-order valence-corrected chi connectivity index (χ1v) is 6.60. The smallest absolute Gasteiger partial charge is 0.398 e. The van der Waals surface area contributed by atoms with Crippen molar-refractivity contribution in [3.8, 4) is 11.5 Å². The van der Waals surface area contributed by atoms with E-state index in [1.165, 1.54) is 17.8 Å². The van der Waals surface area contributed by atoms with Crippen molar-refractivity contribution >= 4 is 17.4 Å². The van der Waals surface area contributed by atoms with Gasteiger partial charge in [0.1, 0.15) is 0 Å². The second kappa shape index (κ2) is 5.12. The molecule has 1 heterocycles. The number of nitrogen functional groups attached to an aromatic ring is 1. The van der Waals surface area contributed by atoms with Gasteiger partial charge in [-0.2, -0.15) is 29.9 Å². The van der Waals surface area contributed by atoms with E-state index in [9.17, 15) is 13.2 Å². The first-order chi connectivity index (χ1) is 8.91. The minimum Gasteiger partial charge on any atom is -0.398 e. The largest absolute Gasteiger partial charge is 0.416 e. The Bertz CT molecular complexity index is 583. The van der Waals surface area contributed by atoms with Crippen LogP contribution in [-0.2, 0) is 11.9 Å². The maximum Gasteiger partial charge on any atom is 0.416 e. The number of nitrogens with zero attached hydrogens (tertiary/aromatic N) is 2. The van der Waals surface area contributed by atoms with Crippen molar-refractivity contribution in [1.29, 1.82) is 0 Å². The van der Waals surface area contributed by atoms with Gasteiger partial charge < -0.3 is 10.3 Å². The lowest BCUT2D eigenvalue weighted by atomic mass is 10.1. The van der Waals surface area contributed by atoms with Crippen molar-refractivity contribution in [1.82, 2.24) is 10.1 Å². The molecule has 0 aliphatic heterocycles. The van der Waals surface area contributed by atoms with Crippen molar-refractivity contribution in [2.45, 2.75) is 11.9 Å². The maximum atomic E-state index is 12.6. The second-order valence-electron chi connectivity index (χ2n) is 3.75. The van der Waals surface area contributed by atoms with Gasteiger partial charge in [0.15, 0.2) is 5.82 Å². The average Bonchev–Trinajstić information content (AvgIpc) is 2.77. The number of rotatable bonds is 3. The van der Waals surface area contributed by atoms with Gasteiger partial charge in [-0.25, -0.2) is 0 Å². The fourth-order valence-electron chi connectivity index (χ4n) is 1.47. The number of hydrogen-bond acceptors (Lipinski definition) is 5. The number of benzene rings is 1. The average molecular weight is 289 g/mol. The number of nitrogens with two attached hydrogens (primary N) is 1. The lowest BCUT2D eigenvalue weighted by molar-refractivity contribution is -0.137. The van der Waals surface area contributed by atoms with Gasteiger partial charge in [-0.15, -0.1) is 0 Å². The molecular formula is C11H10F3N3OS. The third-order valence-electron chi connectivity index (χ3n) is 2.35. The molecule has 0 bridgehead atoms. The van der Waals surface area contributed by atoms with Crippen LogP contribution in [0.1, 0.15) is 11.4 Å². The van der Waals surface area contributed by atoms with Crippen LogP contribution >= 0.6 is 11.8 Å². The van der Waals surface area contributed by atoms with Crippen molar-refractivity contribution in [2.24, 2.45) is 0 Å².